The van der Waals surface area contributed by atoms with Gasteiger partial charge in [-0.2, -0.15) is 0 Å². The second-order valence-electron chi connectivity index (χ2n) is 3.83. The van der Waals surface area contributed by atoms with E-state index in [1.54, 1.807) is 7.11 Å². The van der Waals surface area contributed by atoms with E-state index in [1.807, 2.05) is 6.42 Å². The van der Waals surface area contributed by atoms with E-state index in [0.717, 1.165) is 25.0 Å². The van der Waals surface area contributed by atoms with Crippen LogP contribution >= 0.6 is 0 Å². The van der Waals surface area contributed by atoms with E-state index >= 15 is 0 Å². The first-order chi connectivity index (χ1) is 12.2. The monoisotopic (exact) mass is 448 g/mol. The molecule has 0 aromatic rings. The summed E-state index contributed by atoms with van der Waals surface area (Å²) in [6.07, 6.45) is 8.88. The van der Waals surface area contributed by atoms with Crippen LogP contribution in [0.5, 0.6) is 0 Å². The quantitative estimate of drug-likeness (QED) is 0.146. The van der Waals surface area contributed by atoms with Crippen LogP contribution in [0.4, 0.5) is 0 Å². The Kier molecular flexibility index (Phi) is 36.0. The Labute approximate surface area is 170 Å². The third-order valence-corrected chi connectivity index (χ3v) is 2.23. The molecular formula is C15H17ClFeO10. The average Bonchev–Trinajstić information content (AvgIpc) is 2.63. The van der Waals surface area contributed by atoms with Gasteiger partial charge in [-0.05, 0) is 6.42 Å². The average molecular weight is 449 g/mol. The molecule has 0 saturated heterocycles. The summed E-state index contributed by atoms with van der Waals surface area (Å²) in [4.78, 5) is 10.5. The van der Waals surface area contributed by atoms with Crippen LogP contribution in [0.1, 0.15) is 26.2 Å². The topological polar surface area (TPSA) is 187 Å². The second-order valence-corrected chi connectivity index (χ2v) is 4.58. The van der Waals surface area contributed by atoms with Crippen LogP contribution < -0.4 is 18.6 Å². The summed E-state index contributed by atoms with van der Waals surface area (Å²) in [5, 5.41) is 0. The van der Waals surface area contributed by atoms with Gasteiger partial charge in [0, 0.05) is 36.0 Å². The summed E-state index contributed by atoms with van der Waals surface area (Å²) in [7, 11) is -3.28. The number of methoxy groups -OCH3 is 1. The van der Waals surface area contributed by atoms with Gasteiger partial charge in [0.2, 0.25) is 5.76 Å². The van der Waals surface area contributed by atoms with Gasteiger partial charge in [0.25, 0.3) is 0 Å². The first kappa shape index (κ1) is 36.4. The van der Waals surface area contributed by atoms with Gasteiger partial charge in [-0.3, -0.25) is 4.79 Å². The van der Waals surface area contributed by atoms with Crippen LogP contribution in [0, 0.1) is 36.6 Å². The fraction of sp³-hybridized carbons (Fsp3) is 0.400. The summed E-state index contributed by atoms with van der Waals surface area (Å²) in [5.74, 6) is 0.708. The van der Waals surface area contributed by atoms with Gasteiger partial charge < -0.3 is 9.47 Å². The second kappa shape index (κ2) is 26.7. The van der Waals surface area contributed by atoms with Gasteiger partial charge in [0.15, 0.2) is 0 Å². The molecule has 0 fully saturated rings. The van der Waals surface area contributed by atoms with Crippen LogP contribution in [-0.2, 0) is 45.3 Å². The minimum atomic E-state index is -4.94. The molecule has 0 amide bonds. The molecule has 0 bridgehead atoms. The number of halogens is 1. The summed E-state index contributed by atoms with van der Waals surface area (Å²) in [5.41, 5.74) is 1.35. The summed E-state index contributed by atoms with van der Waals surface area (Å²) >= 11 is 0. The molecule has 0 saturated carbocycles. The fourth-order valence-electron chi connectivity index (χ4n) is 1.42. The van der Waals surface area contributed by atoms with Crippen LogP contribution in [0.15, 0.2) is 23.5 Å². The Morgan fingerprint density at radius 1 is 1.19 bits per heavy atom. The number of ether oxygens (including phenoxy) is 2. The Hall–Kier alpha value is -1.51. The number of rotatable bonds is 5. The van der Waals surface area contributed by atoms with Gasteiger partial charge in [0.1, 0.15) is 0 Å². The van der Waals surface area contributed by atoms with Crippen molar-refractivity contribution >= 4 is 5.97 Å². The van der Waals surface area contributed by atoms with Crippen molar-refractivity contribution in [1.82, 2.24) is 0 Å². The number of hydrogen-bond donors (Lipinski definition) is 0. The Balaban J connectivity index is -0.000000114. The molecule has 0 aromatic heterocycles. The van der Waals surface area contributed by atoms with E-state index in [2.05, 4.69) is 32.1 Å². The van der Waals surface area contributed by atoms with Crippen LogP contribution in [0.3, 0.4) is 0 Å². The predicted molar refractivity (Wildman–Crippen MR) is 69.7 cm³/mol. The molecule has 10 nitrogen and oxygen atoms in total. The molecule has 0 heterocycles. The van der Waals surface area contributed by atoms with Crippen LogP contribution in [0.25, 0.3) is 0 Å². The van der Waals surface area contributed by atoms with E-state index in [-0.39, 0.29) is 23.0 Å². The van der Waals surface area contributed by atoms with E-state index in [9.17, 15) is 4.79 Å². The normalized spacial score (nSPS) is 10.7. The number of hydrogen-bond acceptors (Lipinski definition) is 7. The van der Waals surface area contributed by atoms with E-state index < -0.39 is 10.2 Å². The van der Waals surface area contributed by atoms with Crippen LogP contribution in [-0.4, -0.2) is 19.7 Å². The first-order valence-corrected chi connectivity index (χ1v) is 7.59. The molecule has 0 aliphatic heterocycles. The van der Waals surface area contributed by atoms with E-state index in [4.69, 9.17) is 42.1 Å². The van der Waals surface area contributed by atoms with Crippen molar-refractivity contribution in [2.75, 3.05) is 13.7 Å². The van der Waals surface area contributed by atoms with E-state index in [1.165, 1.54) is 12.5 Å². The molecule has 1 aliphatic rings. The molecule has 0 spiro atoms. The molecule has 0 unspecified atom stereocenters. The minimum Gasteiger partial charge on any atom is -0.222 e. The SMILES string of the molecule is COC1=CCC(CCCOC(C)=O)=C[CH+]1.[C-]#[O+].[C-]#[O+].[C-]#[O+].[Fe].[O-][Cl+3]([O-])([O-])[O-]. The van der Waals surface area contributed by atoms with Gasteiger partial charge >= 0.3 is 39.9 Å². The number of carbonyl (C=O) groups is 1. The Morgan fingerprint density at radius 2 is 1.63 bits per heavy atom. The molecule has 152 valence electrons. The van der Waals surface area contributed by atoms with Crippen molar-refractivity contribution < 1.29 is 74.2 Å². The Morgan fingerprint density at radius 3 is 1.93 bits per heavy atom. The minimum absolute atomic E-state index is 0. The number of esters is 1. The van der Waals surface area contributed by atoms with Gasteiger partial charge in [-0.25, -0.2) is 18.6 Å². The number of carbonyl (C=O) groups excluding carboxylic acids is 1. The largest absolute Gasteiger partial charge is 0.222 e. The van der Waals surface area contributed by atoms with Gasteiger partial charge in [-0.1, -0.05) is 0 Å². The number of allylic oxidation sites excluding steroid dienone is 3. The standard InChI is InChI=1S/C12H17O3.3CO.ClHO4.Fe/c1-10(13)15-9-3-4-11-5-7-12(14-2)8-6-11;3*1-2;2-1(3,4)5;/h5,7-8H,3-4,6,9H2,1-2H3;;;;(H,2,3,4,5);/q+1;;;;;/p-1. The first-order valence-electron chi connectivity index (χ1n) is 6.35. The molecular weight excluding hydrogens is 431 g/mol. The zero-order chi connectivity index (χ0) is 21.6. The molecule has 27 heavy (non-hydrogen) atoms. The summed E-state index contributed by atoms with van der Waals surface area (Å²) in [6, 6.07) is 0. The van der Waals surface area contributed by atoms with Crippen molar-refractivity contribution in [3.8, 4) is 0 Å². The molecule has 0 atom stereocenters. The zero-order valence-corrected chi connectivity index (χ0v) is 16.2. The molecule has 0 N–H and O–H groups in total. The summed E-state index contributed by atoms with van der Waals surface area (Å²) < 4.78 is 66.4. The maximum Gasteiger partial charge on any atom is 0 e. The predicted octanol–water partition coefficient (Wildman–Crippen LogP) is -2.48. The molecule has 12 heteroatoms. The van der Waals surface area contributed by atoms with Crippen LogP contribution in [0.2, 0.25) is 0 Å². The Bertz CT molecular complexity index is 457. The van der Waals surface area contributed by atoms with Gasteiger partial charge in [0.05, 0.1) is 38.7 Å². The molecule has 1 aliphatic carbocycles. The van der Waals surface area contributed by atoms with Crippen molar-refractivity contribution in [3.05, 3.63) is 49.9 Å². The maximum atomic E-state index is 10.5. The van der Waals surface area contributed by atoms with Crippen molar-refractivity contribution in [2.24, 2.45) is 0 Å². The zero-order valence-electron chi connectivity index (χ0n) is 14.4. The molecule has 1 rings (SSSR count). The molecule has 0 aromatic carbocycles. The maximum absolute atomic E-state index is 10.5. The fourth-order valence-corrected chi connectivity index (χ4v) is 1.42. The summed E-state index contributed by atoms with van der Waals surface area (Å²) in [6.45, 7) is 15.4. The van der Waals surface area contributed by atoms with Crippen molar-refractivity contribution in [2.45, 2.75) is 26.2 Å². The smallest absolute Gasteiger partial charge is 0 e. The molecule has 0 radical (unpaired) electrons. The third kappa shape index (κ3) is 40.5. The van der Waals surface area contributed by atoms with Gasteiger partial charge in [-0.15, -0.1) is 10.2 Å². The van der Waals surface area contributed by atoms with E-state index in [0.29, 0.717) is 6.61 Å². The van der Waals surface area contributed by atoms with Crippen molar-refractivity contribution in [1.29, 1.82) is 0 Å². The third-order valence-electron chi connectivity index (χ3n) is 2.23. The van der Waals surface area contributed by atoms with Crippen molar-refractivity contribution in [3.63, 3.8) is 0 Å².